The van der Waals surface area contributed by atoms with Gasteiger partial charge in [-0.05, 0) is 6.42 Å². The molecule has 0 amide bonds. The number of guanidine groups is 1. The molecular formula is C9H19N3O. The Morgan fingerprint density at radius 2 is 2.15 bits per heavy atom. The molecule has 0 aromatic heterocycles. The number of aliphatic hydroxyl groups is 1. The molecule has 2 unspecified atom stereocenters. The van der Waals surface area contributed by atoms with Crippen LogP contribution in [0.25, 0.3) is 0 Å². The summed E-state index contributed by atoms with van der Waals surface area (Å²) in [5.41, 5.74) is -0.0488. The van der Waals surface area contributed by atoms with Crippen molar-refractivity contribution < 1.29 is 5.11 Å². The Balaban J connectivity index is 2.49. The SMILES string of the molecule is CN=C(NC)NC1CC(O)C1(C)C. The van der Waals surface area contributed by atoms with Gasteiger partial charge in [-0.25, -0.2) is 0 Å². The molecule has 76 valence electrons. The minimum atomic E-state index is -0.194. The second-order valence-corrected chi connectivity index (χ2v) is 4.09. The molecule has 0 spiro atoms. The average Bonchev–Trinajstić information content (AvgIpc) is 2.12. The third-order valence-corrected chi connectivity index (χ3v) is 2.99. The van der Waals surface area contributed by atoms with Gasteiger partial charge >= 0.3 is 0 Å². The number of rotatable bonds is 1. The van der Waals surface area contributed by atoms with Crippen LogP contribution in [0.2, 0.25) is 0 Å². The molecule has 2 atom stereocenters. The van der Waals surface area contributed by atoms with E-state index in [0.717, 1.165) is 12.4 Å². The molecule has 1 fully saturated rings. The highest BCUT2D eigenvalue weighted by Gasteiger charge is 2.47. The van der Waals surface area contributed by atoms with Crippen molar-refractivity contribution in [1.82, 2.24) is 10.6 Å². The summed E-state index contributed by atoms with van der Waals surface area (Å²) >= 11 is 0. The van der Waals surface area contributed by atoms with Crippen molar-refractivity contribution in [2.45, 2.75) is 32.4 Å². The van der Waals surface area contributed by atoms with Gasteiger partial charge in [0, 0.05) is 25.6 Å². The van der Waals surface area contributed by atoms with E-state index < -0.39 is 0 Å². The Morgan fingerprint density at radius 1 is 1.54 bits per heavy atom. The van der Waals surface area contributed by atoms with Crippen molar-refractivity contribution in [3.63, 3.8) is 0 Å². The highest BCUT2D eigenvalue weighted by atomic mass is 16.3. The van der Waals surface area contributed by atoms with Gasteiger partial charge in [0.15, 0.2) is 5.96 Å². The van der Waals surface area contributed by atoms with Gasteiger partial charge in [-0.1, -0.05) is 13.8 Å². The smallest absolute Gasteiger partial charge is 0.190 e. The highest BCUT2D eigenvalue weighted by Crippen LogP contribution is 2.40. The van der Waals surface area contributed by atoms with Crippen LogP contribution < -0.4 is 10.6 Å². The van der Waals surface area contributed by atoms with Crippen molar-refractivity contribution in [2.75, 3.05) is 14.1 Å². The topological polar surface area (TPSA) is 56.7 Å². The summed E-state index contributed by atoms with van der Waals surface area (Å²) in [7, 11) is 3.57. The van der Waals surface area contributed by atoms with Gasteiger partial charge in [0.05, 0.1) is 6.10 Å². The number of aliphatic imine (C=N–C) groups is 1. The molecule has 1 rings (SSSR count). The van der Waals surface area contributed by atoms with E-state index in [4.69, 9.17) is 0 Å². The normalized spacial score (nSPS) is 32.2. The molecule has 0 bridgehead atoms. The Kier molecular flexibility index (Phi) is 2.81. The summed E-state index contributed by atoms with van der Waals surface area (Å²) in [6.07, 6.45) is 0.605. The number of hydrogen-bond acceptors (Lipinski definition) is 2. The highest BCUT2D eigenvalue weighted by molar-refractivity contribution is 5.79. The Hall–Kier alpha value is -0.770. The first kappa shape index (κ1) is 10.3. The first-order valence-electron chi connectivity index (χ1n) is 4.61. The van der Waals surface area contributed by atoms with E-state index in [9.17, 15) is 5.11 Å². The molecule has 1 saturated carbocycles. The summed E-state index contributed by atoms with van der Waals surface area (Å²) in [5, 5.41) is 15.7. The summed E-state index contributed by atoms with van der Waals surface area (Å²) < 4.78 is 0. The molecule has 4 nitrogen and oxygen atoms in total. The maximum atomic E-state index is 9.50. The molecule has 0 saturated heterocycles. The van der Waals surface area contributed by atoms with Crippen LogP contribution in [0.15, 0.2) is 4.99 Å². The van der Waals surface area contributed by atoms with Crippen molar-refractivity contribution in [3.8, 4) is 0 Å². The zero-order valence-corrected chi connectivity index (χ0v) is 8.76. The van der Waals surface area contributed by atoms with Crippen molar-refractivity contribution in [3.05, 3.63) is 0 Å². The van der Waals surface area contributed by atoms with Crippen LogP contribution >= 0.6 is 0 Å². The zero-order valence-electron chi connectivity index (χ0n) is 8.76. The molecule has 0 heterocycles. The van der Waals surface area contributed by atoms with E-state index in [1.165, 1.54) is 0 Å². The Bertz CT molecular complexity index is 213. The van der Waals surface area contributed by atoms with Crippen LogP contribution in [0.4, 0.5) is 0 Å². The third kappa shape index (κ3) is 1.77. The van der Waals surface area contributed by atoms with Crippen molar-refractivity contribution in [1.29, 1.82) is 0 Å². The lowest BCUT2D eigenvalue weighted by Gasteiger charge is -2.49. The zero-order chi connectivity index (χ0) is 10.1. The van der Waals surface area contributed by atoms with Gasteiger partial charge in [-0.3, -0.25) is 4.99 Å². The van der Waals surface area contributed by atoms with Gasteiger partial charge in [-0.15, -0.1) is 0 Å². The average molecular weight is 185 g/mol. The predicted octanol–water partition coefficient (Wildman–Crippen LogP) is -0.0594. The lowest BCUT2D eigenvalue weighted by Crippen LogP contribution is -2.62. The lowest BCUT2D eigenvalue weighted by atomic mass is 9.64. The number of hydrogen-bond donors (Lipinski definition) is 3. The van der Waals surface area contributed by atoms with E-state index in [1.54, 1.807) is 7.05 Å². The molecule has 1 aliphatic carbocycles. The number of aliphatic hydroxyl groups excluding tert-OH is 1. The maximum Gasteiger partial charge on any atom is 0.190 e. The van der Waals surface area contributed by atoms with Gasteiger partial charge < -0.3 is 15.7 Å². The fourth-order valence-corrected chi connectivity index (χ4v) is 1.56. The van der Waals surface area contributed by atoms with Gasteiger partial charge in [-0.2, -0.15) is 0 Å². The van der Waals surface area contributed by atoms with Crippen molar-refractivity contribution in [2.24, 2.45) is 10.4 Å². The molecule has 4 heteroatoms. The monoisotopic (exact) mass is 185 g/mol. The molecule has 3 N–H and O–H groups in total. The summed E-state index contributed by atoms with van der Waals surface area (Å²) in [6.45, 7) is 4.11. The first-order chi connectivity index (χ1) is 6.02. The molecule has 0 aliphatic heterocycles. The minimum absolute atomic E-state index is 0.0488. The van der Waals surface area contributed by atoms with Crippen LogP contribution in [0.5, 0.6) is 0 Å². The van der Waals surface area contributed by atoms with E-state index in [1.807, 2.05) is 7.05 Å². The van der Waals surface area contributed by atoms with Crippen LogP contribution in [0.1, 0.15) is 20.3 Å². The van der Waals surface area contributed by atoms with Crippen LogP contribution in [-0.2, 0) is 0 Å². The van der Waals surface area contributed by atoms with Crippen LogP contribution in [-0.4, -0.2) is 37.3 Å². The number of nitrogens with one attached hydrogen (secondary N) is 2. The fourth-order valence-electron chi connectivity index (χ4n) is 1.56. The summed E-state index contributed by atoms with van der Waals surface area (Å²) in [6, 6.07) is 0.314. The Morgan fingerprint density at radius 3 is 2.46 bits per heavy atom. The van der Waals surface area contributed by atoms with Gasteiger partial charge in [0.2, 0.25) is 0 Å². The molecule has 1 aliphatic rings. The third-order valence-electron chi connectivity index (χ3n) is 2.99. The first-order valence-corrected chi connectivity index (χ1v) is 4.61. The predicted molar refractivity (Wildman–Crippen MR) is 53.7 cm³/mol. The van der Waals surface area contributed by atoms with Crippen LogP contribution in [0, 0.1) is 5.41 Å². The van der Waals surface area contributed by atoms with E-state index in [0.29, 0.717) is 6.04 Å². The molecule has 0 radical (unpaired) electrons. The lowest BCUT2D eigenvalue weighted by molar-refractivity contribution is -0.0661. The van der Waals surface area contributed by atoms with E-state index in [2.05, 4.69) is 29.5 Å². The maximum absolute atomic E-state index is 9.50. The van der Waals surface area contributed by atoms with E-state index in [-0.39, 0.29) is 11.5 Å². The summed E-state index contributed by atoms with van der Waals surface area (Å²) in [5.74, 6) is 0.782. The molecular weight excluding hydrogens is 166 g/mol. The molecule has 0 aromatic carbocycles. The van der Waals surface area contributed by atoms with Gasteiger partial charge in [0.1, 0.15) is 0 Å². The van der Waals surface area contributed by atoms with E-state index >= 15 is 0 Å². The molecule has 13 heavy (non-hydrogen) atoms. The van der Waals surface area contributed by atoms with Gasteiger partial charge in [0.25, 0.3) is 0 Å². The van der Waals surface area contributed by atoms with Crippen LogP contribution in [0.3, 0.4) is 0 Å². The standard InChI is InChI=1S/C9H19N3O/c1-9(2)6(5-7(9)13)12-8(10-3)11-4/h6-7,13H,5H2,1-4H3,(H2,10,11,12). The Labute approximate surface area is 79.4 Å². The van der Waals surface area contributed by atoms with Crippen molar-refractivity contribution >= 4 is 5.96 Å². The largest absolute Gasteiger partial charge is 0.392 e. The molecule has 0 aromatic rings. The quantitative estimate of drug-likeness (QED) is 0.396. The summed E-state index contributed by atoms with van der Waals surface area (Å²) in [4.78, 5) is 4.03. The second kappa shape index (κ2) is 3.54. The number of nitrogens with zero attached hydrogens (tertiary/aromatic N) is 1. The minimum Gasteiger partial charge on any atom is -0.392 e. The second-order valence-electron chi connectivity index (χ2n) is 4.09. The fraction of sp³-hybridized carbons (Fsp3) is 0.889.